The van der Waals surface area contributed by atoms with Crippen LogP contribution in [0.1, 0.15) is 63.6 Å². The van der Waals surface area contributed by atoms with Crippen LogP contribution in [0.3, 0.4) is 0 Å². The van der Waals surface area contributed by atoms with Crippen molar-refractivity contribution in [2.75, 3.05) is 4.72 Å². The van der Waals surface area contributed by atoms with Gasteiger partial charge in [0.15, 0.2) is 0 Å². The maximum Gasteiger partial charge on any atom is 0.237 e. The topological polar surface area (TPSA) is 109 Å². The molecule has 3 N–H and O–H groups in total. The minimum Gasteiger partial charge on any atom is -0.304 e. The molecule has 8 nitrogen and oxygen atoms in total. The largest absolute Gasteiger partial charge is 0.304 e. The number of halogens is 2. The van der Waals surface area contributed by atoms with Gasteiger partial charge in [-0.05, 0) is 80.4 Å². The summed E-state index contributed by atoms with van der Waals surface area (Å²) in [5.41, 5.74) is 10.4. The lowest BCUT2D eigenvalue weighted by Gasteiger charge is -2.45. The third-order valence-corrected chi connectivity index (χ3v) is 10.3. The van der Waals surface area contributed by atoms with Gasteiger partial charge >= 0.3 is 0 Å². The number of hydrazine groups is 1. The van der Waals surface area contributed by atoms with Gasteiger partial charge in [0.05, 0.1) is 33.3 Å². The van der Waals surface area contributed by atoms with Gasteiger partial charge in [-0.3, -0.25) is 9.71 Å². The van der Waals surface area contributed by atoms with Crippen molar-refractivity contribution in [3.05, 3.63) is 89.0 Å². The number of hydrogen-bond donors (Lipinski definition) is 3. The normalized spacial score (nSPS) is 22.3. The first-order valence-corrected chi connectivity index (χ1v) is 15.5. The first-order chi connectivity index (χ1) is 19.8. The lowest BCUT2D eigenvalue weighted by molar-refractivity contribution is 0.318. The lowest BCUT2D eigenvalue weighted by atomic mass is 9.65. The van der Waals surface area contributed by atoms with Gasteiger partial charge in [0.2, 0.25) is 16.0 Å². The summed E-state index contributed by atoms with van der Waals surface area (Å²) in [6, 6.07) is 9.69. The van der Waals surface area contributed by atoms with Crippen molar-refractivity contribution in [1.82, 2.24) is 25.8 Å². The summed E-state index contributed by atoms with van der Waals surface area (Å²) < 4.78 is 56.2. The van der Waals surface area contributed by atoms with E-state index < -0.39 is 27.1 Å². The molecule has 0 bridgehead atoms. The smallest absolute Gasteiger partial charge is 0.237 e. The van der Waals surface area contributed by atoms with Crippen molar-refractivity contribution in [3.8, 4) is 11.3 Å². The number of nitrogens with one attached hydrogen (secondary N) is 3. The van der Waals surface area contributed by atoms with Crippen molar-refractivity contribution in [3.63, 3.8) is 0 Å². The van der Waals surface area contributed by atoms with Crippen LogP contribution >= 0.6 is 0 Å². The molecule has 214 valence electrons. The van der Waals surface area contributed by atoms with E-state index in [1.54, 1.807) is 12.4 Å². The molecule has 2 aromatic heterocycles. The van der Waals surface area contributed by atoms with Crippen LogP contribution in [0.4, 0.5) is 14.7 Å². The van der Waals surface area contributed by atoms with E-state index in [1.165, 1.54) is 18.2 Å². The van der Waals surface area contributed by atoms with Crippen molar-refractivity contribution in [2.45, 2.75) is 63.0 Å². The van der Waals surface area contributed by atoms with E-state index in [4.69, 9.17) is 4.98 Å². The molecule has 0 radical (unpaired) electrons. The predicted molar refractivity (Wildman–Crippen MR) is 153 cm³/mol. The number of rotatable bonds is 8. The molecule has 0 saturated heterocycles. The molecular formula is C30H32F2N6O2S. The van der Waals surface area contributed by atoms with Crippen molar-refractivity contribution >= 4 is 21.7 Å². The summed E-state index contributed by atoms with van der Waals surface area (Å²) in [4.78, 5) is 13.5. The highest BCUT2D eigenvalue weighted by Gasteiger charge is 2.44. The average molecular weight is 579 g/mol. The van der Waals surface area contributed by atoms with Gasteiger partial charge in [0.25, 0.3) is 0 Å². The number of benzene rings is 1. The Hall–Kier alpha value is -3.86. The summed E-state index contributed by atoms with van der Waals surface area (Å²) in [6.45, 7) is 4.24. The molecule has 0 spiro atoms. The van der Waals surface area contributed by atoms with E-state index in [2.05, 4.69) is 39.4 Å². The maximum atomic E-state index is 14.7. The zero-order valence-corrected chi connectivity index (χ0v) is 23.7. The van der Waals surface area contributed by atoms with Gasteiger partial charge in [0, 0.05) is 23.7 Å². The Bertz CT molecular complexity index is 1630. The molecule has 3 aromatic rings. The number of nitrogens with zero attached hydrogens (tertiary/aromatic N) is 3. The van der Waals surface area contributed by atoms with Crippen molar-refractivity contribution < 1.29 is 17.2 Å². The third-order valence-electron chi connectivity index (χ3n) is 8.46. The van der Waals surface area contributed by atoms with Gasteiger partial charge < -0.3 is 10.9 Å². The van der Waals surface area contributed by atoms with E-state index in [-0.39, 0.29) is 22.7 Å². The highest BCUT2D eigenvalue weighted by Crippen LogP contribution is 2.49. The Morgan fingerprint density at radius 2 is 1.71 bits per heavy atom. The molecule has 3 aliphatic rings. The SMILES string of the molecule is CC[C@H]1CC[C@](CC)(c2cccc(-c3cnc(NS(=O)(=O)C4CC4)nc3)n2)C2=C1C=C(c1c(F)cccc1F)NN2. The van der Waals surface area contributed by atoms with Gasteiger partial charge in [-0.25, -0.2) is 27.2 Å². The number of aromatic nitrogens is 3. The standard InChI is InChI=1S/C30H32F2N6O2S/c1-3-18-13-14-30(4-2,28-21(18)15-25(36-37-28)27-22(31)7-5-8-23(27)32)26-10-6-9-24(35-26)19-16-33-29(34-17-19)38-41(39,40)20-11-12-20/h5-10,15-18,20,36-37H,3-4,11-14H2,1-2H3,(H,33,34,38)/t18-,30+/m0/s1. The molecule has 1 aromatic carbocycles. The van der Waals surface area contributed by atoms with E-state index in [9.17, 15) is 17.2 Å². The number of pyridine rings is 1. The summed E-state index contributed by atoms with van der Waals surface area (Å²) in [5, 5.41) is -0.365. The van der Waals surface area contributed by atoms with Crippen LogP contribution in [0.5, 0.6) is 0 Å². The summed E-state index contributed by atoms with van der Waals surface area (Å²) >= 11 is 0. The van der Waals surface area contributed by atoms with Crippen LogP contribution in [0.15, 0.2) is 66.1 Å². The summed E-state index contributed by atoms with van der Waals surface area (Å²) in [5.74, 6) is -0.972. The van der Waals surface area contributed by atoms with Crippen LogP contribution in [-0.2, 0) is 15.4 Å². The van der Waals surface area contributed by atoms with E-state index in [0.717, 1.165) is 42.6 Å². The second kappa shape index (κ2) is 10.5. The fourth-order valence-electron chi connectivity index (χ4n) is 5.95. The fraction of sp³-hybridized carbons (Fsp3) is 0.367. The second-order valence-electron chi connectivity index (χ2n) is 10.9. The first-order valence-electron chi connectivity index (χ1n) is 14.0. The highest BCUT2D eigenvalue weighted by atomic mass is 32.2. The molecule has 6 rings (SSSR count). The Kier molecular flexibility index (Phi) is 7.01. The monoisotopic (exact) mass is 578 g/mol. The minimum absolute atomic E-state index is 0.0425. The van der Waals surface area contributed by atoms with Gasteiger partial charge in [-0.2, -0.15) is 0 Å². The van der Waals surface area contributed by atoms with Gasteiger partial charge in [-0.1, -0.05) is 26.0 Å². The number of anilines is 1. The summed E-state index contributed by atoms with van der Waals surface area (Å²) in [6.07, 6.45) is 9.72. The average Bonchev–Trinajstić information content (AvgIpc) is 3.84. The Balaban J connectivity index is 1.37. The molecule has 3 heterocycles. The van der Waals surface area contributed by atoms with E-state index in [1.807, 2.05) is 24.3 Å². The van der Waals surface area contributed by atoms with Crippen molar-refractivity contribution in [2.24, 2.45) is 5.92 Å². The van der Waals surface area contributed by atoms with Crippen LogP contribution < -0.4 is 15.6 Å². The molecule has 0 amide bonds. The second-order valence-corrected chi connectivity index (χ2v) is 12.8. The molecule has 1 saturated carbocycles. The molecule has 11 heteroatoms. The minimum atomic E-state index is -3.45. The zero-order valence-electron chi connectivity index (χ0n) is 22.9. The van der Waals surface area contributed by atoms with Crippen molar-refractivity contribution in [1.29, 1.82) is 0 Å². The Morgan fingerprint density at radius 1 is 1.00 bits per heavy atom. The first kappa shape index (κ1) is 27.3. The highest BCUT2D eigenvalue weighted by molar-refractivity contribution is 7.93. The van der Waals surface area contributed by atoms with E-state index >= 15 is 0 Å². The Labute approximate surface area is 238 Å². The van der Waals surface area contributed by atoms with E-state index in [0.29, 0.717) is 29.8 Å². The lowest BCUT2D eigenvalue weighted by Crippen LogP contribution is -2.47. The molecule has 2 atom stereocenters. The molecule has 0 unspecified atom stereocenters. The number of allylic oxidation sites excluding steroid dienone is 3. The quantitative estimate of drug-likeness (QED) is 0.320. The molecule has 1 fully saturated rings. The summed E-state index contributed by atoms with van der Waals surface area (Å²) in [7, 11) is -3.45. The third kappa shape index (κ3) is 4.96. The van der Waals surface area contributed by atoms with Crippen LogP contribution in [-0.4, -0.2) is 28.6 Å². The predicted octanol–water partition coefficient (Wildman–Crippen LogP) is 5.59. The number of sulfonamides is 1. The maximum absolute atomic E-state index is 14.7. The molecule has 41 heavy (non-hydrogen) atoms. The number of hydrogen-bond acceptors (Lipinski definition) is 7. The molecule has 1 aliphatic heterocycles. The van der Waals surface area contributed by atoms with Gasteiger partial charge in [-0.15, -0.1) is 0 Å². The van der Waals surface area contributed by atoms with Gasteiger partial charge in [0.1, 0.15) is 11.6 Å². The Morgan fingerprint density at radius 3 is 2.37 bits per heavy atom. The van der Waals surface area contributed by atoms with Crippen LogP contribution in [0.25, 0.3) is 17.0 Å². The van der Waals surface area contributed by atoms with Crippen LogP contribution in [0, 0.1) is 17.6 Å². The molecule has 2 aliphatic carbocycles. The molecular weight excluding hydrogens is 546 g/mol. The zero-order chi connectivity index (χ0) is 28.8. The van der Waals surface area contributed by atoms with Crippen LogP contribution in [0.2, 0.25) is 0 Å². The fourth-order valence-corrected chi connectivity index (χ4v) is 7.24.